The molecule has 2 aliphatic rings. The van der Waals surface area contributed by atoms with Crippen LogP contribution in [0.25, 0.3) is 16.6 Å². The van der Waals surface area contributed by atoms with Gasteiger partial charge in [0.2, 0.25) is 0 Å². The molecule has 0 amide bonds. The molecule has 0 saturated heterocycles. The van der Waals surface area contributed by atoms with Gasteiger partial charge in [-0.25, -0.2) is 4.39 Å². The zero-order chi connectivity index (χ0) is 21.5. The van der Waals surface area contributed by atoms with Crippen LogP contribution in [0.1, 0.15) is 44.9 Å². The summed E-state index contributed by atoms with van der Waals surface area (Å²) in [5.74, 6) is -1.02. The van der Waals surface area contributed by atoms with Crippen molar-refractivity contribution in [2.45, 2.75) is 44.6 Å². The van der Waals surface area contributed by atoms with Gasteiger partial charge in [-0.15, -0.1) is 0 Å². The van der Waals surface area contributed by atoms with Gasteiger partial charge in [-0.3, -0.25) is 4.79 Å². The van der Waals surface area contributed by atoms with Gasteiger partial charge in [0.15, 0.2) is 0 Å². The molecule has 1 aliphatic heterocycles. The number of nitrogens with zero attached hydrogens (tertiary/aromatic N) is 1. The molecule has 2 aromatic carbocycles. The molecule has 0 atom stereocenters. The molecule has 1 aromatic heterocycles. The van der Waals surface area contributed by atoms with Crippen LogP contribution in [0.2, 0.25) is 0 Å². The van der Waals surface area contributed by atoms with Gasteiger partial charge < -0.3 is 19.5 Å². The van der Waals surface area contributed by atoms with E-state index in [4.69, 9.17) is 4.74 Å². The number of rotatable bonds is 2. The van der Waals surface area contributed by atoms with Crippen LogP contribution in [0.15, 0.2) is 42.5 Å². The summed E-state index contributed by atoms with van der Waals surface area (Å²) in [7, 11) is 0. The van der Waals surface area contributed by atoms with Gasteiger partial charge in [-0.05, 0) is 56.2 Å². The van der Waals surface area contributed by atoms with E-state index in [1.807, 2.05) is 6.07 Å². The summed E-state index contributed by atoms with van der Waals surface area (Å²) in [5, 5.41) is 21.2. The van der Waals surface area contributed by atoms with E-state index in [0.717, 1.165) is 22.5 Å². The maximum atomic E-state index is 13.6. The lowest BCUT2D eigenvalue weighted by Gasteiger charge is -2.56. The van der Waals surface area contributed by atoms with Gasteiger partial charge in [0, 0.05) is 27.7 Å². The summed E-state index contributed by atoms with van der Waals surface area (Å²) in [6.45, 7) is 6.31. The second-order valence-electron chi connectivity index (χ2n) is 9.59. The second-order valence-corrected chi connectivity index (χ2v) is 9.59. The number of hydrogen-bond acceptors (Lipinski definition) is 3. The molecule has 5 rings (SSSR count). The fourth-order valence-corrected chi connectivity index (χ4v) is 5.36. The Morgan fingerprint density at radius 3 is 2.40 bits per heavy atom. The molecular formula is C24H24FNO4. The molecular weight excluding hydrogens is 385 g/mol. The minimum absolute atomic E-state index is 0.134. The largest absolute Gasteiger partial charge is 0.507 e. The van der Waals surface area contributed by atoms with Crippen LogP contribution in [0.5, 0.6) is 5.75 Å². The Balaban J connectivity index is 1.85. The van der Waals surface area contributed by atoms with Gasteiger partial charge in [-0.1, -0.05) is 19.9 Å². The maximum Gasteiger partial charge on any atom is 0.309 e. The molecule has 6 heteroatoms. The first-order valence-electron chi connectivity index (χ1n) is 10.1. The molecule has 2 N–H and O–H groups in total. The number of halogens is 1. The fourth-order valence-electron chi connectivity index (χ4n) is 5.36. The molecule has 0 radical (unpaired) electrons. The highest BCUT2D eigenvalue weighted by atomic mass is 19.1. The Labute approximate surface area is 173 Å². The van der Waals surface area contributed by atoms with E-state index in [1.165, 1.54) is 12.1 Å². The maximum absolute atomic E-state index is 13.6. The van der Waals surface area contributed by atoms with Gasteiger partial charge in [0.1, 0.15) is 11.6 Å². The summed E-state index contributed by atoms with van der Waals surface area (Å²) < 4.78 is 22.1. The third-order valence-corrected chi connectivity index (χ3v) is 6.73. The summed E-state index contributed by atoms with van der Waals surface area (Å²) in [4.78, 5) is 11.8. The predicted octanol–water partition coefficient (Wildman–Crippen LogP) is 4.86. The first-order chi connectivity index (χ1) is 14.1. The minimum atomic E-state index is -0.868. The fraction of sp³-hybridized carbons (Fsp3) is 0.375. The average Bonchev–Trinajstić information content (AvgIpc) is 3.02. The molecule has 1 spiro atoms. The Kier molecular flexibility index (Phi) is 3.73. The number of phenols is 1. The van der Waals surface area contributed by atoms with Gasteiger partial charge in [0.25, 0.3) is 0 Å². The van der Waals surface area contributed by atoms with E-state index in [1.54, 1.807) is 31.2 Å². The number of aromatic hydroxyl groups is 1. The van der Waals surface area contributed by atoms with E-state index in [9.17, 15) is 19.4 Å². The standard InChI is InChI=1S/C24H24FNO4/c1-22(2)13-30-24(11-23(3,12-24)21(28)29)19-18-16(5-4-6-17(18)27)26(20(19)22)15-9-7-14(25)8-10-15/h4-10,27H,11-13H2,1-3H3,(H,28,29)/t23-,24+. The number of phenolic OH excluding ortho intramolecular Hbond substituents is 1. The lowest BCUT2D eigenvalue weighted by Crippen LogP contribution is -2.57. The number of carboxylic acid groups (broad SMARTS) is 1. The van der Waals surface area contributed by atoms with Crippen LogP contribution in [-0.4, -0.2) is 27.4 Å². The molecule has 30 heavy (non-hydrogen) atoms. The second kappa shape index (κ2) is 5.85. The van der Waals surface area contributed by atoms with E-state index in [0.29, 0.717) is 24.8 Å². The van der Waals surface area contributed by atoms with Crippen LogP contribution < -0.4 is 0 Å². The van der Waals surface area contributed by atoms with E-state index < -0.39 is 22.4 Å². The van der Waals surface area contributed by atoms with E-state index in [2.05, 4.69) is 18.4 Å². The molecule has 3 aromatic rings. The van der Waals surface area contributed by atoms with E-state index >= 15 is 0 Å². The molecule has 5 nitrogen and oxygen atoms in total. The molecule has 0 bridgehead atoms. The van der Waals surface area contributed by atoms with Gasteiger partial charge >= 0.3 is 5.97 Å². The highest BCUT2D eigenvalue weighted by Gasteiger charge is 2.62. The summed E-state index contributed by atoms with van der Waals surface area (Å²) in [6, 6.07) is 11.6. The molecule has 156 valence electrons. The Bertz CT molecular complexity index is 1190. The van der Waals surface area contributed by atoms with Crippen molar-refractivity contribution < 1.29 is 24.1 Å². The molecule has 1 aliphatic carbocycles. The molecule has 1 fully saturated rings. The highest BCUT2D eigenvalue weighted by molar-refractivity contribution is 5.94. The number of aromatic nitrogens is 1. The lowest BCUT2D eigenvalue weighted by atomic mass is 9.55. The third kappa shape index (κ3) is 2.40. The zero-order valence-corrected chi connectivity index (χ0v) is 17.2. The number of carbonyl (C=O) groups is 1. The number of carboxylic acids is 1. The Hall–Kier alpha value is -2.86. The first kappa shape index (κ1) is 19.1. The van der Waals surface area contributed by atoms with Gasteiger partial charge in [-0.2, -0.15) is 0 Å². The normalized spacial score (nSPS) is 27.1. The Morgan fingerprint density at radius 1 is 1.10 bits per heavy atom. The van der Waals surface area contributed by atoms with E-state index in [-0.39, 0.29) is 11.6 Å². The summed E-state index contributed by atoms with van der Waals surface area (Å²) in [6.07, 6.45) is 0.685. The number of hydrogen-bond donors (Lipinski definition) is 2. The van der Waals surface area contributed by atoms with Gasteiger partial charge in [0.05, 0.1) is 23.1 Å². The SMILES string of the molecule is CC1(C)CO[C@]2(C[C@@](C)(C(=O)O)C2)c2c1n(-c1ccc(F)cc1)c1cccc(O)c12. The molecule has 2 heterocycles. The monoisotopic (exact) mass is 409 g/mol. The van der Waals surface area contributed by atoms with Crippen LogP contribution >= 0.6 is 0 Å². The number of fused-ring (bicyclic) bond motifs is 4. The number of aliphatic carboxylic acids is 1. The van der Waals surface area contributed by atoms with Crippen molar-refractivity contribution in [1.82, 2.24) is 4.57 Å². The quantitative estimate of drug-likeness (QED) is 0.634. The van der Waals surface area contributed by atoms with Crippen LogP contribution in [0, 0.1) is 11.2 Å². The lowest BCUT2D eigenvalue weighted by molar-refractivity contribution is -0.205. The molecule has 0 unspecified atom stereocenters. The van der Waals surface area contributed by atoms with Crippen molar-refractivity contribution in [3.05, 3.63) is 59.5 Å². The average molecular weight is 409 g/mol. The number of ether oxygens (including phenoxy) is 1. The Morgan fingerprint density at radius 2 is 1.77 bits per heavy atom. The predicted molar refractivity (Wildman–Crippen MR) is 111 cm³/mol. The van der Waals surface area contributed by atoms with Crippen molar-refractivity contribution in [3.8, 4) is 11.4 Å². The van der Waals surface area contributed by atoms with Crippen molar-refractivity contribution >= 4 is 16.9 Å². The zero-order valence-electron chi connectivity index (χ0n) is 17.2. The highest BCUT2D eigenvalue weighted by Crippen LogP contribution is 2.63. The summed E-state index contributed by atoms with van der Waals surface area (Å²) >= 11 is 0. The van der Waals surface area contributed by atoms with Crippen molar-refractivity contribution in [2.75, 3.05) is 6.61 Å². The number of benzene rings is 2. The van der Waals surface area contributed by atoms with Crippen molar-refractivity contribution in [2.24, 2.45) is 5.41 Å². The summed E-state index contributed by atoms with van der Waals surface area (Å²) in [5.41, 5.74) is 1.40. The van der Waals surface area contributed by atoms with Crippen LogP contribution in [0.3, 0.4) is 0 Å². The van der Waals surface area contributed by atoms with Crippen molar-refractivity contribution in [1.29, 1.82) is 0 Å². The topological polar surface area (TPSA) is 71.7 Å². The third-order valence-electron chi connectivity index (χ3n) is 6.73. The van der Waals surface area contributed by atoms with Crippen LogP contribution in [0.4, 0.5) is 4.39 Å². The first-order valence-corrected chi connectivity index (χ1v) is 10.1. The molecule has 1 saturated carbocycles. The minimum Gasteiger partial charge on any atom is -0.507 e. The van der Waals surface area contributed by atoms with Crippen LogP contribution in [-0.2, 0) is 20.5 Å². The smallest absolute Gasteiger partial charge is 0.309 e. The van der Waals surface area contributed by atoms with Crippen molar-refractivity contribution in [3.63, 3.8) is 0 Å².